The molecule has 0 bridgehead atoms. The Balaban J connectivity index is 1.83. The number of hydrogen-bond donors (Lipinski definition) is 2. The summed E-state index contributed by atoms with van der Waals surface area (Å²) in [6.07, 6.45) is 3.21. The summed E-state index contributed by atoms with van der Waals surface area (Å²) in [5.74, 6) is -2.19. The summed E-state index contributed by atoms with van der Waals surface area (Å²) in [5.41, 5.74) is -0.645. The van der Waals surface area contributed by atoms with E-state index in [0.717, 1.165) is 12.8 Å². The molecule has 0 radical (unpaired) electrons. The summed E-state index contributed by atoms with van der Waals surface area (Å²) in [4.78, 5) is 31.2. The van der Waals surface area contributed by atoms with Crippen LogP contribution in [-0.2, 0) is 10.3 Å². The molecule has 32 heavy (non-hydrogen) atoms. The smallest absolute Gasteiger partial charge is 0.250 e. The number of rotatable bonds is 5. The molecule has 1 aromatic heterocycles. The highest BCUT2D eigenvalue weighted by atomic mass is 79.9. The second kappa shape index (κ2) is 7.72. The van der Waals surface area contributed by atoms with E-state index in [-0.39, 0.29) is 16.1 Å². The highest BCUT2D eigenvalue weighted by Crippen LogP contribution is 2.59. The van der Waals surface area contributed by atoms with Crippen LogP contribution >= 0.6 is 27.5 Å². The number of fused-ring (bicyclic) bond motifs is 2. The van der Waals surface area contributed by atoms with Gasteiger partial charge in [0.05, 0.1) is 12.5 Å². The molecule has 0 unspecified atom stereocenters. The topological polar surface area (TPSA) is 109 Å². The molecule has 2 aliphatic heterocycles. The fourth-order valence-electron chi connectivity index (χ4n) is 5.39. The number of carbonyl (C=O) groups is 1. The number of benzene rings is 1. The largest absolute Gasteiger partial charge is 0.394 e. The molecule has 2 N–H and O–H groups in total. The zero-order chi connectivity index (χ0) is 22.8. The quantitative estimate of drug-likeness (QED) is 0.352. The van der Waals surface area contributed by atoms with Crippen molar-refractivity contribution < 1.29 is 19.2 Å². The van der Waals surface area contributed by atoms with Gasteiger partial charge < -0.3 is 10.4 Å². The standard InChI is InChI=1S/C21H19BrClFN4O4/c22-19-17(24)12(5-6-25-19)16-18(28(31)32)15(9-29)27(8-10-1-2-10)21(16)13-4-3-11(23)7-14(13)26-20(21)30/h3-7,10,15-16,18,29H,1-2,8-9H2,(H,26,30)/t15-,16-,18+,21+/m0/s1. The maximum Gasteiger partial charge on any atom is 0.250 e. The monoisotopic (exact) mass is 524 g/mol. The van der Waals surface area contributed by atoms with Gasteiger partial charge in [-0.2, -0.15) is 0 Å². The Morgan fingerprint density at radius 1 is 1.41 bits per heavy atom. The third kappa shape index (κ3) is 3.00. The first-order valence-corrected chi connectivity index (χ1v) is 11.4. The zero-order valence-electron chi connectivity index (χ0n) is 16.7. The Kier molecular flexibility index (Phi) is 5.23. The van der Waals surface area contributed by atoms with Crippen LogP contribution in [0.4, 0.5) is 10.1 Å². The van der Waals surface area contributed by atoms with E-state index in [2.05, 4.69) is 26.2 Å². The molecule has 1 saturated carbocycles. The van der Waals surface area contributed by atoms with Crippen LogP contribution in [0.15, 0.2) is 35.1 Å². The molecule has 4 atom stereocenters. The van der Waals surface area contributed by atoms with Gasteiger partial charge in [-0.1, -0.05) is 17.7 Å². The average molecular weight is 526 g/mol. The fourth-order valence-corrected chi connectivity index (χ4v) is 5.91. The molecule has 1 aromatic carbocycles. The molecule has 1 saturated heterocycles. The highest BCUT2D eigenvalue weighted by Gasteiger charge is 2.71. The van der Waals surface area contributed by atoms with Gasteiger partial charge in [-0.15, -0.1) is 0 Å². The van der Waals surface area contributed by atoms with Gasteiger partial charge >= 0.3 is 0 Å². The van der Waals surface area contributed by atoms with Crippen molar-refractivity contribution in [1.29, 1.82) is 0 Å². The van der Waals surface area contributed by atoms with Crippen LogP contribution in [0.5, 0.6) is 0 Å². The molecule has 3 aliphatic rings. The molecular weight excluding hydrogens is 507 g/mol. The molecule has 168 valence electrons. The second-order valence-corrected chi connectivity index (χ2v) is 9.70. The first kappa shape index (κ1) is 21.7. The van der Waals surface area contributed by atoms with Crippen LogP contribution in [0.25, 0.3) is 0 Å². The van der Waals surface area contributed by atoms with Crippen LogP contribution in [-0.4, -0.2) is 51.1 Å². The van der Waals surface area contributed by atoms with Crippen molar-refractivity contribution in [3.63, 3.8) is 0 Å². The average Bonchev–Trinajstić information content (AvgIpc) is 3.45. The summed E-state index contributed by atoms with van der Waals surface area (Å²) < 4.78 is 15.3. The van der Waals surface area contributed by atoms with Crippen LogP contribution in [0.1, 0.15) is 29.9 Å². The number of likely N-dealkylation sites (tertiary alicyclic amines) is 1. The lowest BCUT2D eigenvalue weighted by atomic mass is 9.74. The molecule has 2 fully saturated rings. The van der Waals surface area contributed by atoms with E-state index in [0.29, 0.717) is 22.8 Å². The Morgan fingerprint density at radius 3 is 2.81 bits per heavy atom. The van der Waals surface area contributed by atoms with Crippen molar-refractivity contribution >= 4 is 39.1 Å². The Morgan fingerprint density at radius 2 is 2.16 bits per heavy atom. The van der Waals surface area contributed by atoms with E-state index in [1.807, 2.05) is 0 Å². The third-order valence-electron chi connectivity index (χ3n) is 6.82. The number of aromatic nitrogens is 1. The van der Waals surface area contributed by atoms with Gasteiger partial charge in [0.1, 0.15) is 16.2 Å². The summed E-state index contributed by atoms with van der Waals surface area (Å²) in [7, 11) is 0. The Labute approximate surface area is 196 Å². The van der Waals surface area contributed by atoms with E-state index >= 15 is 4.39 Å². The molecular formula is C21H19BrClFN4O4. The molecule has 11 heteroatoms. The maximum absolute atomic E-state index is 15.4. The summed E-state index contributed by atoms with van der Waals surface area (Å²) >= 11 is 9.21. The van der Waals surface area contributed by atoms with Crippen LogP contribution in [0, 0.1) is 21.8 Å². The van der Waals surface area contributed by atoms with E-state index in [9.17, 15) is 20.0 Å². The van der Waals surface area contributed by atoms with E-state index in [1.54, 1.807) is 23.1 Å². The van der Waals surface area contributed by atoms with Gasteiger partial charge in [0.25, 0.3) is 5.91 Å². The van der Waals surface area contributed by atoms with Gasteiger partial charge in [-0.05, 0) is 52.9 Å². The number of nitro groups is 1. The van der Waals surface area contributed by atoms with Gasteiger partial charge in [-0.3, -0.25) is 19.8 Å². The predicted octanol–water partition coefficient (Wildman–Crippen LogP) is 3.30. The van der Waals surface area contributed by atoms with Crippen molar-refractivity contribution in [2.75, 3.05) is 18.5 Å². The summed E-state index contributed by atoms with van der Waals surface area (Å²) in [5, 5.41) is 25.9. The first-order valence-electron chi connectivity index (χ1n) is 10.2. The lowest BCUT2D eigenvalue weighted by Crippen LogP contribution is -2.53. The van der Waals surface area contributed by atoms with Crippen molar-refractivity contribution in [2.24, 2.45) is 5.92 Å². The molecule has 5 rings (SSSR count). The number of nitrogens with zero attached hydrogens (tertiary/aromatic N) is 3. The van der Waals surface area contributed by atoms with E-state index in [4.69, 9.17) is 11.6 Å². The minimum absolute atomic E-state index is 0.00303. The van der Waals surface area contributed by atoms with Gasteiger partial charge in [0.15, 0.2) is 5.82 Å². The maximum atomic E-state index is 15.4. The first-order chi connectivity index (χ1) is 15.3. The van der Waals surface area contributed by atoms with Crippen molar-refractivity contribution in [3.05, 3.63) is 67.1 Å². The van der Waals surface area contributed by atoms with Gasteiger partial charge in [0, 0.05) is 39.5 Å². The summed E-state index contributed by atoms with van der Waals surface area (Å²) in [6.45, 7) is -0.157. The minimum Gasteiger partial charge on any atom is -0.394 e. The van der Waals surface area contributed by atoms with Gasteiger partial charge in [-0.25, -0.2) is 9.37 Å². The number of anilines is 1. The van der Waals surface area contributed by atoms with Crippen LogP contribution in [0.3, 0.4) is 0 Å². The fraction of sp³-hybridized carbons (Fsp3) is 0.429. The van der Waals surface area contributed by atoms with E-state index in [1.165, 1.54) is 12.3 Å². The molecule has 1 spiro atoms. The number of amides is 1. The number of carbonyl (C=O) groups excluding carboxylic acids is 1. The molecule has 8 nitrogen and oxygen atoms in total. The Hall–Kier alpha value is -2.14. The van der Waals surface area contributed by atoms with Crippen molar-refractivity contribution in [1.82, 2.24) is 9.88 Å². The molecule has 2 aromatic rings. The lowest BCUT2D eigenvalue weighted by Gasteiger charge is -2.38. The predicted molar refractivity (Wildman–Crippen MR) is 117 cm³/mol. The van der Waals surface area contributed by atoms with Crippen molar-refractivity contribution in [2.45, 2.75) is 36.4 Å². The zero-order valence-corrected chi connectivity index (χ0v) is 19.0. The number of pyridine rings is 1. The minimum atomic E-state index is -1.57. The normalized spacial score (nSPS) is 29.4. The highest BCUT2D eigenvalue weighted by molar-refractivity contribution is 9.10. The van der Waals surface area contributed by atoms with Crippen LogP contribution in [0.2, 0.25) is 5.02 Å². The number of aliphatic hydroxyl groups excluding tert-OH is 1. The van der Waals surface area contributed by atoms with Gasteiger partial charge in [0.2, 0.25) is 6.04 Å². The number of aliphatic hydroxyl groups is 1. The molecule has 1 aliphatic carbocycles. The van der Waals surface area contributed by atoms with Crippen LogP contribution < -0.4 is 5.32 Å². The summed E-state index contributed by atoms with van der Waals surface area (Å²) in [6, 6.07) is 3.83. The number of halogens is 3. The number of hydrogen-bond acceptors (Lipinski definition) is 6. The lowest BCUT2D eigenvalue weighted by molar-refractivity contribution is -0.528. The van der Waals surface area contributed by atoms with Crippen molar-refractivity contribution in [3.8, 4) is 0 Å². The molecule has 1 amide bonds. The third-order valence-corrected chi connectivity index (χ3v) is 7.61. The SMILES string of the molecule is O=C1Nc2cc(Cl)ccc2[C@@]12[C@@H](c1ccnc(Br)c1F)[C@H]([N+](=O)[O-])[C@H](CO)N2CC1CC1. The van der Waals surface area contributed by atoms with E-state index < -0.39 is 46.8 Å². The number of nitrogens with one attached hydrogen (secondary N) is 1. The second-order valence-electron chi connectivity index (χ2n) is 8.51. The molecule has 3 heterocycles. The Bertz CT molecular complexity index is 1130.